The number of esters is 1. The Morgan fingerprint density at radius 2 is 1.56 bits per heavy atom. The number of ketones is 1. The highest BCUT2D eigenvalue weighted by Crippen LogP contribution is 2.15. The van der Waals surface area contributed by atoms with E-state index >= 15 is 0 Å². The lowest BCUT2D eigenvalue weighted by molar-refractivity contribution is -0.127. The van der Waals surface area contributed by atoms with Crippen LogP contribution in [0.2, 0.25) is 0 Å². The van der Waals surface area contributed by atoms with E-state index in [9.17, 15) is 14.4 Å². The minimum absolute atomic E-state index is 0.233. The van der Waals surface area contributed by atoms with Gasteiger partial charge in [0.25, 0.3) is 5.91 Å². The first-order chi connectivity index (χ1) is 13.1. The lowest BCUT2D eigenvalue weighted by Crippen LogP contribution is -2.42. The summed E-state index contributed by atoms with van der Waals surface area (Å²) in [5.74, 6) is -1.92. The van der Waals surface area contributed by atoms with Crippen LogP contribution in [-0.4, -0.2) is 23.8 Å². The van der Waals surface area contributed by atoms with E-state index in [1.54, 1.807) is 47.8 Å². The van der Waals surface area contributed by atoms with E-state index in [4.69, 9.17) is 4.74 Å². The summed E-state index contributed by atoms with van der Waals surface area (Å²) in [5, 5.41) is 4.39. The molecule has 1 atom stereocenters. The smallest absolute Gasteiger partial charge is 0.339 e. The molecule has 2 aromatic carbocycles. The third-order valence-electron chi connectivity index (χ3n) is 3.78. The Labute approximate surface area is 160 Å². The number of thiophene rings is 1. The maximum atomic E-state index is 12.7. The van der Waals surface area contributed by atoms with Crippen LogP contribution in [-0.2, 0) is 16.1 Å². The number of carbonyl (C=O) groups is 3. The second-order valence-electron chi connectivity index (χ2n) is 5.70. The van der Waals surface area contributed by atoms with E-state index in [1.807, 2.05) is 30.3 Å². The quantitative estimate of drug-likeness (QED) is 0.388. The van der Waals surface area contributed by atoms with Crippen LogP contribution in [0.3, 0.4) is 0 Å². The lowest BCUT2D eigenvalue weighted by atomic mass is 10.1. The summed E-state index contributed by atoms with van der Waals surface area (Å²) in [6.45, 7) is 0.233. The molecule has 0 aliphatic rings. The van der Waals surface area contributed by atoms with E-state index < -0.39 is 23.8 Å². The molecule has 0 aliphatic heterocycles. The summed E-state index contributed by atoms with van der Waals surface area (Å²) < 4.78 is 5.28. The number of Topliss-reactive ketones (excluding diaryl/α,β-unsaturated/α-hetero) is 1. The second kappa shape index (κ2) is 8.91. The fourth-order valence-corrected chi connectivity index (χ4v) is 3.09. The monoisotopic (exact) mass is 379 g/mol. The van der Waals surface area contributed by atoms with E-state index in [0.29, 0.717) is 4.88 Å². The molecule has 3 aromatic rings. The Morgan fingerprint density at radius 3 is 2.19 bits per heavy atom. The predicted molar refractivity (Wildman–Crippen MR) is 103 cm³/mol. The zero-order chi connectivity index (χ0) is 19.1. The first-order valence-electron chi connectivity index (χ1n) is 8.30. The Kier molecular flexibility index (Phi) is 6.12. The molecule has 1 unspecified atom stereocenters. The largest absolute Gasteiger partial charge is 0.440 e. The number of ether oxygens (including phenoxy) is 1. The van der Waals surface area contributed by atoms with Crippen molar-refractivity contribution in [1.82, 2.24) is 5.32 Å². The van der Waals surface area contributed by atoms with Crippen LogP contribution >= 0.6 is 11.3 Å². The topological polar surface area (TPSA) is 72.5 Å². The van der Waals surface area contributed by atoms with Crippen LogP contribution in [0.4, 0.5) is 0 Å². The molecule has 136 valence electrons. The Balaban J connectivity index is 1.75. The van der Waals surface area contributed by atoms with E-state index in [1.165, 1.54) is 11.3 Å². The van der Waals surface area contributed by atoms with Crippen molar-refractivity contribution in [2.75, 3.05) is 0 Å². The van der Waals surface area contributed by atoms with Crippen LogP contribution < -0.4 is 5.32 Å². The molecule has 1 aromatic heterocycles. The molecule has 0 aliphatic carbocycles. The highest BCUT2D eigenvalue weighted by Gasteiger charge is 2.32. The van der Waals surface area contributed by atoms with Crippen molar-refractivity contribution in [2.24, 2.45) is 0 Å². The standard InChI is InChI=1S/C21H17NO4S/c23-18(17-12-7-13-27-17)19(26-21(25)16-10-5-2-6-11-16)20(24)22-14-15-8-3-1-4-9-15/h1-13,19H,14H2,(H,22,24). The number of hydrogen-bond acceptors (Lipinski definition) is 5. The van der Waals surface area contributed by atoms with Crippen molar-refractivity contribution >= 4 is 29.0 Å². The van der Waals surface area contributed by atoms with Gasteiger partial charge in [0, 0.05) is 6.54 Å². The summed E-state index contributed by atoms with van der Waals surface area (Å²) in [6.07, 6.45) is -1.54. The molecule has 6 heteroatoms. The highest BCUT2D eigenvalue weighted by atomic mass is 32.1. The number of nitrogens with one attached hydrogen (secondary N) is 1. The van der Waals surface area contributed by atoms with Gasteiger partial charge in [-0.3, -0.25) is 9.59 Å². The van der Waals surface area contributed by atoms with E-state index in [0.717, 1.165) is 5.56 Å². The molecule has 1 heterocycles. The molecular weight excluding hydrogens is 362 g/mol. The molecule has 0 spiro atoms. The minimum atomic E-state index is -1.54. The SMILES string of the molecule is O=C(OC(C(=O)NCc1ccccc1)C(=O)c1cccs1)c1ccccc1. The van der Waals surface area contributed by atoms with Gasteiger partial charge in [-0.25, -0.2) is 4.79 Å². The van der Waals surface area contributed by atoms with Crippen molar-refractivity contribution < 1.29 is 19.1 Å². The molecule has 1 amide bonds. The number of amides is 1. The summed E-state index contributed by atoms with van der Waals surface area (Å²) in [6, 6.07) is 20.8. The first kappa shape index (κ1) is 18.5. The molecule has 5 nitrogen and oxygen atoms in total. The van der Waals surface area contributed by atoms with Crippen molar-refractivity contribution in [2.45, 2.75) is 12.6 Å². The van der Waals surface area contributed by atoms with Crippen molar-refractivity contribution in [3.05, 3.63) is 94.2 Å². The molecule has 0 saturated heterocycles. The van der Waals surface area contributed by atoms with Gasteiger partial charge in [0.2, 0.25) is 11.9 Å². The third kappa shape index (κ3) is 4.89. The summed E-state index contributed by atoms with van der Waals surface area (Å²) >= 11 is 1.19. The van der Waals surface area contributed by atoms with Crippen molar-refractivity contribution in [1.29, 1.82) is 0 Å². The van der Waals surface area contributed by atoms with E-state index in [2.05, 4.69) is 5.32 Å². The average molecular weight is 379 g/mol. The predicted octanol–water partition coefficient (Wildman–Crippen LogP) is 3.47. The molecule has 3 rings (SSSR count). The molecule has 1 N–H and O–H groups in total. The minimum Gasteiger partial charge on any atom is -0.440 e. The lowest BCUT2D eigenvalue weighted by Gasteiger charge is -2.16. The second-order valence-corrected chi connectivity index (χ2v) is 6.64. The Hall–Kier alpha value is -3.25. The first-order valence-corrected chi connectivity index (χ1v) is 9.18. The molecule has 0 saturated carbocycles. The van der Waals surface area contributed by atoms with Gasteiger partial charge in [-0.05, 0) is 29.1 Å². The Bertz CT molecular complexity index is 908. The van der Waals surface area contributed by atoms with Gasteiger partial charge >= 0.3 is 5.97 Å². The maximum Gasteiger partial charge on any atom is 0.339 e. The fourth-order valence-electron chi connectivity index (χ4n) is 2.40. The van der Waals surface area contributed by atoms with Crippen molar-refractivity contribution in [3.63, 3.8) is 0 Å². The van der Waals surface area contributed by atoms with Gasteiger partial charge in [0.15, 0.2) is 0 Å². The highest BCUT2D eigenvalue weighted by molar-refractivity contribution is 7.12. The van der Waals surface area contributed by atoms with Gasteiger partial charge in [-0.1, -0.05) is 54.6 Å². The van der Waals surface area contributed by atoms with Crippen LogP contribution in [0.5, 0.6) is 0 Å². The molecule has 0 radical (unpaired) electrons. The van der Waals surface area contributed by atoms with Crippen LogP contribution in [0.25, 0.3) is 0 Å². The maximum absolute atomic E-state index is 12.7. The van der Waals surface area contributed by atoms with Crippen LogP contribution in [0.1, 0.15) is 25.6 Å². The van der Waals surface area contributed by atoms with Crippen molar-refractivity contribution in [3.8, 4) is 0 Å². The molecule has 0 fully saturated rings. The number of hydrogen-bond donors (Lipinski definition) is 1. The Morgan fingerprint density at radius 1 is 0.889 bits per heavy atom. The molecule has 27 heavy (non-hydrogen) atoms. The van der Waals surface area contributed by atoms with E-state index in [-0.39, 0.29) is 12.1 Å². The van der Waals surface area contributed by atoms with Gasteiger partial charge in [-0.2, -0.15) is 0 Å². The normalized spacial score (nSPS) is 11.4. The number of rotatable bonds is 7. The zero-order valence-corrected chi connectivity index (χ0v) is 15.1. The molecule has 0 bridgehead atoms. The van der Waals surface area contributed by atoms with Crippen LogP contribution in [0, 0.1) is 0 Å². The summed E-state index contributed by atoms with van der Waals surface area (Å²) in [7, 11) is 0. The fraction of sp³-hybridized carbons (Fsp3) is 0.0952. The van der Waals surface area contributed by atoms with Crippen LogP contribution in [0.15, 0.2) is 78.2 Å². The summed E-state index contributed by atoms with van der Waals surface area (Å²) in [4.78, 5) is 38.0. The van der Waals surface area contributed by atoms with Gasteiger partial charge in [-0.15, -0.1) is 11.3 Å². The van der Waals surface area contributed by atoms with Gasteiger partial charge in [0.05, 0.1) is 10.4 Å². The average Bonchev–Trinajstić information content (AvgIpc) is 3.26. The van der Waals surface area contributed by atoms with Gasteiger partial charge < -0.3 is 10.1 Å². The summed E-state index contributed by atoms with van der Waals surface area (Å²) in [5.41, 5.74) is 1.15. The number of carbonyl (C=O) groups excluding carboxylic acids is 3. The van der Waals surface area contributed by atoms with Gasteiger partial charge in [0.1, 0.15) is 0 Å². The number of benzene rings is 2. The molecular formula is C21H17NO4S. The third-order valence-corrected chi connectivity index (χ3v) is 4.67. The zero-order valence-electron chi connectivity index (χ0n) is 14.3.